The first kappa shape index (κ1) is 14.3. The minimum atomic E-state index is -0.177. The van der Waals surface area contributed by atoms with Crippen LogP contribution in [0.25, 0.3) is 0 Å². The maximum atomic E-state index is 5.84. The number of ether oxygens (including phenoxy) is 1. The lowest BCUT2D eigenvalue weighted by Crippen LogP contribution is -2.37. The molecule has 0 saturated carbocycles. The fourth-order valence-electron chi connectivity index (χ4n) is 1.65. The van der Waals surface area contributed by atoms with Gasteiger partial charge in [0, 0.05) is 30.4 Å². The van der Waals surface area contributed by atoms with Gasteiger partial charge < -0.3 is 15.8 Å². The van der Waals surface area contributed by atoms with Crippen LogP contribution in [0, 0.1) is 0 Å². The number of rotatable bonds is 6. The zero-order valence-corrected chi connectivity index (χ0v) is 11.4. The Morgan fingerprint density at radius 1 is 1.35 bits per heavy atom. The van der Waals surface area contributed by atoms with Gasteiger partial charge in [-0.15, -0.1) is 0 Å². The molecule has 17 heavy (non-hydrogen) atoms. The van der Waals surface area contributed by atoms with E-state index in [1.54, 1.807) is 7.11 Å². The van der Waals surface area contributed by atoms with Gasteiger partial charge in [0.2, 0.25) is 0 Å². The Morgan fingerprint density at radius 3 is 2.41 bits per heavy atom. The molecule has 0 radical (unpaired) electrons. The molecule has 0 aliphatic rings. The summed E-state index contributed by atoms with van der Waals surface area (Å²) in [6, 6.07) is 7.80. The second-order valence-corrected chi connectivity index (χ2v) is 5.19. The van der Waals surface area contributed by atoms with Gasteiger partial charge in [-0.05, 0) is 44.5 Å². The number of nitrogens with two attached hydrogens (primary N) is 1. The first-order chi connectivity index (χ1) is 7.96. The Kier molecular flexibility index (Phi) is 5.25. The van der Waals surface area contributed by atoms with E-state index in [-0.39, 0.29) is 11.6 Å². The van der Waals surface area contributed by atoms with Crippen LogP contribution < -0.4 is 11.1 Å². The third kappa shape index (κ3) is 4.94. The summed E-state index contributed by atoms with van der Waals surface area (Å²) < 4.78 is 5.41. The second-order valence-electron chi connectivity index (χ2n) is 4.75. The summed E-state index contributed by atoms with van der Waals surface area (Å²) in [5.41, 5.74) is 6.62. The van der Waals surface area contributed by atoms with Crippen LogP contribution in [-0.4, -0.2) is 25.3 Å². The van der Waals surface area contributed by atoms with Gasteiger partial charge in [0.1, 0.15) is 0 Å². The number of methoxy groups -OCH3 is 1. The Hall–Kier alpha value is -0.770. The lowest BCUT2D eigenvalue weighted by Gasteiger charge is -2.29. The summed E-state index contributed by atoms with van der Waals surface area (Å²) in [4.78, 5) is 0. The molecule has 0 aliphatic heterocycles. The Morgan fingerprint density at radius 2 is 1.94 bits per heavy atom. The van der Waals surface area contributed by atoms with Crippen LogP contribution >= 0.6 is 11.6 Å². The summed E-state index contributed by atoms with van der Waals surface area (Å²) in [7, 11) is 1.72. The van der Waals surface area contributed by atoms with E-state index in [4.69, 9.17) is 22.1 Å². The fraction of sp³-hybridized carbons (Fsp3) is 0.538. The largest absolute Gasteiger partial charge is 0.381 e. The SMILES string of the molecule is COC(C)(C)CC(CN)Nc1ccc(Cl)cc1. The van der Waals surface area contributed by atoms with E-state index in [2.05, 4.69) is 19.2 Å². The molecule has 1 rings (SSSR count). The van der Waals surface area contributed by atoms with E-state index in [0.29, 0.717) is 6.54 Å². The molecule has 1 unspecified atom stereocenters. The average Bonchev–Trinajstić information content (AvgIpc) is 2.31. The zero-order chi connectivity index (χ0) is 12.9. The summed E-state index contributed by atoms with van der Waals surface area (Å²) in [6.45, 7) is 4.67. The van der Waals surface area contributed by atoms with Gasteiger partial charge in [0.15, 0.2) is 0 Å². The standard InChI is InChI=1S/C13H21ClN2O/c1-13(2,17-3)8-12(9-15)16-11-6-4-10(14)5-7-11/h4-7,12,16H,8-9,15H2,1-3H3. The molecule has 1 aromatic rings. The molecule has 0 saturated heterocycles. The van der Waals surface area contributed by atoms with E-state index in [1.165, 1.54) is 0 Å². The van der Waals surface area contributed by atoms with Crippen molar-refractivity contribution in [2.24, 2.45) is 5.73 Å². The average molecular weight is 257 g/mol. The highest BCUT2D eigenvalue weighted by molar-refractivity contribution is 6.30. The summed E-state index contributed by atoms with van der Waals surface area (Å²) >= 11 is 5.84. The molecule has 96 valence electrons. The van der Waals surface area contributed by atoms with Crippen LogP contribution in [0.2, 0.25) is 5.02 Å². The zero-order valence-electron chi connectivity index (χ0n) is 10.7. The minimum absolute atomic E-state index is 0.177. The number of hydrogen-bond donors (Lipinski definition) is 2. The number of benzene rings is 1. The molecule has 3 N–H and O–H groups in total. The minimum Gasteiger partial charge on any atom is -0.381 e. The fourth-order valence-corrected chi connectivity index (χ4v) is 1.78. The number of hydrogen-bond acceptors (Lipinski definition) is 3. The van der Waals surface area contributed by atoms with Gasteiger partial charge in [0.25, 0.3) is 0 Å². The molecule has 0 spiro atoms. The molecule has 3 nitrogen and oxygen atoms in total. The first-order valence-corrected chi connectivity index (χ1v) is 6.12. The summed E-state index contributed by atoms with van der Waals surface area (Å²) in [6.07, 6.45) is 0.850. The topological polar surface area (TPSA) is 47.3 Å². The monoisotopic (exact) mass is 256 g/mol. The van der Waals surface area contributed by atoms with Gasteiger partial charge in [0.05, 0.1) is 5.60 Å². The van der Waals surface area contributed by atoms with Crippen molar-refractivity contribution in [3.05, 3.63) is 29.3 Å². The third-order valence-corrected chi connectivity index (χ3v) is 3.04. The summed E-state index contributed by atoms with van der Waals surface area (Å²) in [5.74, 6) is 0. The van der Waals surface area contributed by atoms with Gasteiger partial charge in [-0.25, -0.2) is 0 Å². The van der Waals surface area contributed by atoms with Crippen LogP contribution in [0.3, 0.4) is 0 Å². The van der Waals surface area contributed by atoms with Crippen molar-refractivity contribution in [3.8, 4) is 0 Å². The van der Waals surface area contributed by atoms with Crippen LogP contribution in [0.5, 0.6) is 0 Å². The van der Waals surface area contributed by atoms with Gasteiger partial charge >= 0.3 is 0 Å². The van der Waals surface area contributed by atoms with Crippen LogP contribution in [-0.2, 0) is 4.74 Å². The van der Waals surface area contributed by atoms with Crippen molar-refractivity contribution < 1.29 is 4.74 Å². The Labute approximate surface area is 108 Å². The Bertz CT molecular complexity index is 338. The van der Waals surface area contributed by atoms with E-state index in [9.17, 15) is 0 Å². The van der Waals surface area contributed by atoms with Crippen LogP contribution in [0.4, 0.5) is 5.69 Å². The van der Waals surface area contributed by atoms with Crippen molar-refractivity contribution in [1.29, 1.82) is 0 Å². The molecule has 0 heterocycles. The molecular weight excluding hydrogens is 236 g/mol. The van der Waals surface area contributed by atoms with E-state index in [0.717, 1.165) is 17.1 Å². The predicted molar refractivity (Wildman–Crippen MR) is 73.6 cm³/mol. The molecule has 4 heteroatoms. The van der Waals surface area contributed by atoms with Crippen molar-refractivity contribution in [2.45, 2.75) is 31.9 Å². The quantitative estimate of drug-likeness (QED) is 0.823. The van der Waals surface area contributed by atoms with Gasteiger partial charge in [-0.3, -0.25) is 0 Å². The lowest BCUT2D eigenvalue weighted by molar-refractivity contribution is 0.0122. The molecule has 0 amide bonds. The maximum absolute atomic E-state index is 5.84. The van der Waals surface area contributed by atoms with Gasteiger partial charge in [-0.2, -0.15) is 0 Å². The van der Waals surface area contributed by atoms with E-state index < -0.39 is 0 Å². The van der Waals surface area contributed by atoms with Crippen molar-refractivity contribution in [2.75, 3.05) is 19.0 Å². The van der Waals surface area contributed by atoms with Crippen molar-refractivity contribution in [1.82, 2.24) is 0 Å². The molecule has 1 atom stereocenters. The highest BCUT2D eigenvalue weighted by atomic mass is 35.5. The van der Waals surface area contributed by atoms with Gasteiger partial charge in [-0.1, -0.05) is 11.6 Å². The Balaban J connectivity index is 2.61. The molecule has 0 aliphatic carbocycles. The third-order valence-electron chi connectivity index (χ3n) is 2.79. The summed E-state index contributed by atoms with van der Waals surface area (Å²) in [5, 5.41) is 4.12. The maximum Gasteiger partial charge on any atom is 0.0642 e. The predicted octanol–water partition coefficient (Wildman–Crippen LogP) is 2.89. The molecule has 0 fully saturated rings. The van der Waals surface area contributed by atoms with Crippen molar-refractivity contribution >= 4 is 17.3 Å². The number of nitrogens with one attached hydrogen (secondary N) is 1. The lowest BCUT2D eigenvalue weighted by atomic mass is 9.98. The van der Waals surface area contributed by atoms with E-state index >= 15 is 0 Å². The second kappa shape index (κ2) is 6.24. The molecule has 0 bridgehead atoms. The van der Waals surface area contributed by atoms with Crippen LogP contribution in [0.1, 0.15) is 20.3 Å². The highest BCUT2D eigenvalue weighted by Crippen LogP contribution is 2.19. The highest BCUT2D eigenvalue weighted by Gasteiger charge is 2.21. The number of anilines is 1. The number of halogens is 1. The smallest absolute Gasteiger partial charge is 0.0642 e. The van der Waals surface area contributed by atoms with Crippen LogP contribution in [0.15, 0.2) is 24.3 Å². The normalized spacial score (nSPS) is 13.5. The molecule has 1 aromatic carbocycles. The molecular formula is C13H21ClN2O. The molecule has 0 aromatic heterocycles. The first-order valence-electron chi connectivity index (χ1n) is 5.74. The van der Waals surface area contributed by atoms with Crippen molar-refractivity contribution in [3.63, 3.8) is 0 Å². The van der Waals surface area contributed by atoms with E-state index in [1.807, 2.05) is 24.3 Å².